The van der Waals surface area contributed by atoms with Crippen LogP contribution in [-0.4, -0.2) is 63.9 Å². The molecule has 274 valence electrons. The Labute approximate surface area is 309 Å². The fourth-order valence-electron chi connectivity index (χ4n) is 4.77. The van der Waals surface area contributed by atoms with Gasteiger partial charge in [0, 0.05) is 43.1 Å². The Morgan fingerprint density at radius 2 is 1.21 bits per heavy atom. The first kappa shape index (κ1) is 39.3. The molecular weight excluding hydrogens is 676 g/mol. The van der Waals surface area contributed by atoms with E-state index in [9.17, 15) is 19.2 Å². The third kappa shape index (κ3) is 13.6. The number of hydrogen-bond acceptors (Lipinski definition) is 10. The average Bonchev–Trinajstić information content (AvgIpc) is 3.19. The first-order chi connectivity index (χ1) is 25.7. The third-order valence-corrected chi connectivity index (χ3v) is 7.77. The van der Waals surface area contributed by atoms with Crippen LogP contribution in [-0.2, 0) is 35.1 Å². The van der Waals surface area contributed by atoms with E-state index in [-0.39, 0.29) is 19.8 Å². The van der Waals surface area contributed by atoms with Crippen molar-refractivity contribution in [2.24, 2.45) is 0 Å². The van der Waals surface area contributed by atoms with Gasteiger partial charge in [0.05, 0.1) is 25.3 Å². The van der Waals surface area contributed by atoms with E-state index < -0.39 is 23.9 Å². The first-order valence-corrected chi connectivity index (χ1v) is 17.0. The van der Waals surface area contributed by atoms with Gasteiger partial charge in [-0.3, -0.25) is 0 Å². The van der Waals surface area contributed by atoms with Crippen molar-refractivity contribution >= 4 is 35.6 Å². The highest BCUT2D eigenvalue weighted by Crippen LogP contribution is 2.24. The lowest BCUT2D eigenvalue weighted by Gasteiger charge is -2.18. The molecule has 0 radical (unpaired) electrons. The van der Waals surface area contributed by atoms with Crippen molar-refractivity contribution in [3.8, 4) is 22.6 Å². The van der Waals surface area contributed by atoms with Crippen LogP contribution in [0.5, 0.6) is 11.5 Å². The molecule has 0 saturated carbocycles. The van der Waals surface area contributed by atoms with Crippen LogP contribution >= 0.6 is 0 Å². The lowest BCUT2D eigenvalue weighted by Crippen LogP contribution is -2.36. The summed E-state index contributed by atoms with van der Waals surface area (Å²) < 4.78 is 28.5. The van der Waals surface area contributed by atoms with Gasteiger partial charge in [-0.15, -0.1) is 0 Å². The maximum atomic E-state index is 12.8. The molecule has 11 nitrogen and oxygen atoms in total. The summed E-state index contributed by atoms with van der Waals surface area (Å²) in [6.45, 7) is 9.10. The number of carbonyl (C=O) groups is 4. The Morgan fingerprint density at radius 3 is 1.81 bits per heavy atom. The van der Waals surface area contributed by atoms with Crippen LogP contribution in [0.4, 0.5) is 5.69 Å². The predicted octanol–water partition coefficient (Wildman–Crippen LogP) is 6.17. The van der Waals surface area contributed by atoms with E-state index in [0.29, 0.717) is 49.6 Å². The molecule has 0 aliphatic carbocycles. The molecule has 0 spiro atoms. The summed E-state index contributed by atoms with van der Waals surface area (Å²) in [6, 6.07) is 25.6. The Balaban J connectivity index is 1.16. The van der Waals surface area contributed by atoms with Gasteiger partial charge in [0.2, 0.25) is 0 Å². The van der Waals surface area contributed by atoms with E-state index in [1.165, 1.54) is 6.08 Å². The monoisotopic (exact) mass is 719 g/mol. The number of likely N-dealkylation sites (N-methyl/N-ethyl adjacent to an activating group) is 1. The van der Waals surface area contributed by atoms with Gasteiger partial charge in [-0.25, -0.2) is 23.7 Å². The Hall–Kier alpha value is -6.49. The zero-order valence-corrected chi connectivity index (χ0v) is 29.7. The van der Waals surface area contributed by atoms with Crippen molar-refractivity contribution in [3.63, 3.8) is 0 Å². The number of rotatable bonds is 20. The zero-order valence-electron chi connectivity index (χ0n) is 29.7. The minimum absolute atomic E-state index is 0.235. The molecule has 0 atom stereocenters. The van der Waals surface area contributed by atoms with Gasteiger partial charge in [0.1, 0.15) is 24.7 Å². The smallest absolute Gasteiger partial charge is 0.343 e. The van der Waals surface area contributed by atoms with E-state index in [1.54, 1.807) is 42.5 Å². The summed E-state index contributed by atoms with van der Waals surface area (Å²) in [5.41, 5.74) is 4.11. The summed E-state index contributed by atoms with van der Waals surface area (Å²) in [6.07, 6.45) is 10.4. The molecule has 1 heterocycles. The number of benzene rings is 3. The van der Waals surface area contributed by atoms with Gasteiger partial charge < -0.3 is 28.6 Å². The van der Waals surface area contributed by atoms with Crippen LogP contribution < -0.4 is 18.9 Å². The van der Waals surface area contributed by atoms with E-state index in [0.717, 1.165) is 34.5 Å². The van der Waals surface area contributed by atoms with Crippen LogP contribution in [0, 0.1) is 0 Å². The highest BCUT2D eigenvalue weighted by molar-refractivity contribution is 5.91. The number of anilines is 1. The van der Waals surface area contributed by atoms with Crippen LogP contribution in [0.25, 0.3) is 17.2 Å². The molecule has 53 heavy (non-hydrogen) atoms. The molecule has 0 N–H and O–H groups in total. The molecular formula is C42H43N2O9+. The number of nitrogens with zero attached hydrogens (tertiary/aromatic N) is 2. The predicted molar refractivity (Wildman–Crippen MR) is 200 cm³/mol. The maximum Gasteiger partial charge on any atom is 0.343 e. The van der Waals surface area contributed by atoms with Crippen LogP contribution in [0.2, 0.25) is 0 Å². The van der Waals surface area contributed by atoms with Gasteiger partial charge in [-0.2, -0.15) is 0 Å². The molecule has 4 rings (SSSR count). The van der Waals surface area contributed by atoms with Crippen LogP contribution in [0.3, 0.4) is 0 Å². The minimum atomic E-state index is -0.479. The maximum absolute atomic E-state index is 12.8. The molecule has 0 amide bonds. The van der Waals surface area contributed by atoms with Gasteiger partial charge in [-0.05, 0) is 72.0 Å². The zero-order chi connectivity index (χ0) is 37.8. The highest BCUT2D eigenvalue weighted by Gasteiger charge is 2.11. The molecule has 1 aromatic heterocycles. The average molecular weight is 720 g/mol. The minimum Gasteiger partial charge on any atom is -0.487 e. The third-order valence-electron chi connectivity index (χ3n) is 7.77. The molecule has 0 bridgehead atoms. The Kier molecular flexibility index (Phi) is 15.6. The first-order valence-electron chi connectivity index (χ1n) is 17.0. The normalized spacial score (nSPS) is 10.6. The summed E-state index contributed by atoms with van der Waals surface area (Å²) >= 11 is 0. The molecule has 3 aromatic carbocycles. The quantitative estimate of drug-likeness (QED) is 0.0262. The summed E-state index contributed by atoms with van der Waals surface area (Å²) in [7, 11) is 1.92. The fourth-order valence-corrected chi connectivity index (χ4v) is 4.77. The van der Waals surface area contributed by atoms with Crippen molar-refractivity contribution in [1.82, 2.24) is 0 Å². The van der Waals surface area contributed by atoms with Gasteiger partial charge >= 0.3 is 23.9 Å². The molecule has 0 saturated heterocycles. The second kappa shape index (κ2) is 21.0. The van der Waals surface area contributed by atoms with Crippen molar-refractivity contribution in [2.75, 3.05) is 44.9 Å². The SMILES string of the molecule is C=CC(=O)OCCCCOC(=O)C=Cc1ccc(-c2ccc(OC(=O)c3ccc(OCC[n+]4ccc(N(C)CCOC(=O)C=C)cc4)cc3)cc2)cc1. The number of unbranched alkanes of at least 4 members (excludes halogenated alkanes) is 1. The summed E-state index contributed by atoms with van der Waals surface area (Å²) in [5, 5.41) is 0. The van der Waals surface area contributed by atoms with E-state index in [1.807, 2.05) is 77.4 Å². The second-order valence-corrected chi connectivity index (χ2v) is 11.6. The number of hydrogen-bond donors (Lipinski definition) is 0. The lowest BCUT2D eigenvalue weighted by molar-refractivity contribution is -0.697. The van der Waals surface area contributed by atoms with Crippen molar-refractivity contribution < 1.29 is 47.4 Å². The molecule has 0 unspecified atom stereocenters. The lowest BCUT2D eigenvalue weighted by atomic mass is 10.0. The van der Waals surface area contributed by atoms with Gasteiger partial charge in [0.25, 0.3) is 0 Å². The van der Waals surface area contributed by atoms with E-state index in [4.69, 9.17) is 23.7 Å². The topological polar surface area (TPSA) is 122 Å². The van der Waals surface area contributed by atoms with Gasteiger partial charge in [-0.1, -0.05) is 49.6 Å². The fraction of sp³-hybridized carbons (Fsp3) is 0.214. The van der Waals surface area contributed by atoms with Crippen LogP contribution in [0.1, 0.15) is 28.8 Å². The standard InChI is InChI=1S/C42H43N2O9/c1-4-39(45)50-28-6-7-29-51-41(47)21-10-32-8-11-33(12-9-32)34-13-19-38(20-14-34)53-42(48)35-15-17-37(18-16-35)49-31-27-44-24-22-36(23-25-44)43(3)26-30-52-40(46)5-2/h4-5,8-25H,1-2,6-7,26-31H2,3H3/q+1. The molecule has 11 heteroatoms. The van der Waals surface area contributed by atoms with E-state index >= 15 is 0 Å². The number of aromatic nitrogens is 1. The van der Waals surface area contributed by atoms with Crippen molar-refractivity contribution in [3.05, 3.63) is 140 Å². The molecule has 0 fully saturated rings. The number of pyridine rings is 1. The Bertz CT molecular complexity index is 1850. The van der Waals surface area contributed by atoms with Crippen LogP contribution in [0.15, 0.2) is 129 Å². The number of esters is 4. The summed E-state index contributed by atoms with van der Waals surface area (Å²) in [5.74, 6) is -0.786. The number of ether oxygens (including phenoxy) is 5. The number of carbonyl (C=O) groups excluding carboxylic acids is 4. The van der Waals surface area contributed by atoms with Crippen molar-refractivity contribution in [1.29, 1.82) is 0 Å². The second-order valence-electron chi connectivity index (χ2n) is 11.6. The largest absolute Gasteiger partial charge is 0.487 e. The van der Waals surface area contributed by atoms with E-state index in [2.05, 4.69) is 13.2 Å². The highest BCUT2D eigenvalue weighted by atomic mass is 16.5. The Morgan fingerprint density at radius 1 is 0.660 bits per heavy atom. The molecule has 0 aliphatic rings. The molecule has 4 aromatic rings. The van der Waals surface area contributed by atoms with Gasteiger partial charge in [0.15, 0.2) is 18.9 Å². The summed E-state index contributed by atoms with van der Waals surface area (Å²) in [4.78, 5) is 49.0. The molecule has 0 aliphatic heterocycles. The van der Waals surface area contributed by atoms with Crippen molar-refractivity contribution in [2.45, 2.75) is 19.4 Å².